The highest BCUT2D eigenvalue weighted by Gasteiger charge is 2.05. The molecule has 212 valence electrons. The molecule has 0 atom stereocenters. The van der Waals surface area contributed by atoms with Gasteiger partial charge in [0.1, 0.15) is 24.8 Å². The second kappa shape index (κ2) is 22.3. The number of rotatable bonds is 26. The third kappa shape index (κ3) is 16.7. The van der Waals surface area contributed by atoms with E-state index in [0.717, 1.165) is 45.6 Å². The second-order valence-electron chi connectivity index (χ2n) is 10.7. The quantitative estimate of drug-likeness (QED) is 0.0976. The molecule has 0 unspecified atom stereocenters. The molecule has 2 rings (SSSR count). The van der Waals surface area contributed by atoms with Crippen molar-refractivity contribution < 1.29 is 18.6 Å². The lowest BCUT2D eigenvalue weighted by Gasteiger charge is -2.03. The van der Waals surface area contributed by atoms with Gasteiger partial charge in [-0.15, -0.1) is 0 Å². The van der Waals surface area contributed by atoms with Gasteiger partial charge in [0.25, 0.3) is 0 Å². The van der Waals surface area contributed by atoms with Gasteiger partial charge in [-0.3, -0.25) is 0 Å². The van der Waals surface area contributed by atoms with Gasteiger partial charge in [0.05, 0.1) is 26.3 Å². The topological polar surface area (TPSA) is 36.1 Å². The molecule has 0 fully saturated rings. The molecule has 0 aliphatic heterocycles. The summed E-state index contributed by atoms with van der Waals surface area (Å²) in [5.41, 5.74) is 0. The third-order valence-electron chi connectivity index (χ3n) is 7.09. The van der Waals surface area contributed by atoms with Gasteiger partial charge in [0.15, 0.2) is 13.5 Å². The first kappa shape index (κ1) is 31.6. The predicted octanol–water partition coefficient (Wildman–Crippen LogP) is 7.18. The summed E-state index contributed by atoms with van der Waals surface area (Å²) in [4.78, 5) is 0. The average Bonchev–Trinajstić information content (AvgIpc) is 3.56. The monoisotopic (exact) mass is 518 g/mol. The van der Waals surface area contributed by atoms with E-state index in [0.29, 0.717) is 13.5 Å². The first-order chi connectivity index (χ1) is 18.3. The molecule has 2 aromatic heterocycles. The largest absolute Gasteiger partial charge is 0.342 e. The molecule has 0 amide bonds. The van der Waals surface area contributed by atoms with Crippen molar-refractivity contribution in [3.63, 3.8) is 0 Å². The van der Waals surface area contributed by atoms with Gasteiger partial charge in [-0.25, -0.2) is 18.3 Å². The molecular weight excluding hydrogens is 460 g/mol. The van der Waals surface area contributed by atoms with E-state index in [1.165, 1.54) is 89.9 Å². The molecule has 0 N–H and O–H groups in total. The van der Waals surface area contributed by atoms with Crippen LogP contribution in [-0.2, 0) is 36.0 Å². The molecule has 37 heavy (non-hydrogen) atoms. The van der Waals surface area contributed by atoms with E-state index in [-0.39, 0.29) is 0 Å². The molecule has 2 heterocycles. The summed E-state index contributed by atoms with van der Waals surface area (Å²) in [5, 5.41) is 0. The van der Waals surface area contributed by atoms with Crippen LogP contribution < -0.4 is 9.13 Å². The van der Waals surface area contributed by atoms with Crippen molar-refractivity contribution in [1.29, 1.82) is 0 Å². The average molecular weight is 519 g/mol. The summed E-state index contributed by atoms with van der Waals surface area (Å²) < 4.78 is 20.6. The zero-order chi connectivity index (χ0) is 26.2. The fraction of sp³-hybridized carbons (Fsp3) is 0.806. The van der Waals surface area contributed by atoms with Crippen molar-refractivity contribution in [3.05, 3.63) is 37.4 Å². The van der Waals surface area contributed by atoms with Crippen LogP contribution in [-0.4, -0.2) is 22.3 Å². The molecule has 0 saturated heterocycles. The van der Waals surface area contributed by atoms with E-state index in [1.807, 2.05) is 0 Å². The number of ether oxygens (including phenoxy) is 2. The maximum absolute atomic E-state index is 5.86. The highest BCUT2D eigenvalue weighted by atomic mass is 16.5. The molecule has 0 saturated carbocycles. The van der Waals surface area contributed by atoms with E-state index in [2.05, 4.69) is 69.6 Å². The summed E-state index contributed by atoms with van der Waals surface area (Å²) in [6.07, 6.45) is 35.2. The molecule has 0 bridgehead atoms. The van der Waals surface area contributed by atoms with E-state index in [1.54, 1.807) is 0 Å². The second-order valence-corrected chi connectivity index (χ2v) is 10.7. The van der Waals surface area contributed by atoms with Crippen LogP contribution in [0.15, 0.2) is 37.4 Å². The Balaban J connectivity index is 1.37. The molecule has 0 radical (unpaired) electrons. The highest BCUT2D eigenvalue weighted by molar-refractivity contribution is 4.66. The summed E-state index contributed by atoms with van der Waals surface area (Å²) in [5.74, 6) is 0. The maximum Gasteiger partial charge on any atom is 0.245 e. The Morgan fingerprint density at radius 3 is 1.30 bits per heavy atom. The van der Waals surface area contributed by atoms with Crippen LogP contribution in [0, 0.1) is 0 Å². The number of aryl methyl sites for hydroxylation is 2. The van der Waals surface area contributed by atoms with Crippen LogP contribution in [0.4, 0.5) is 0 Å². The number of hydrogen-bond donors (Lipinski definition) is 0. The maximum atomic E-state index is 5.86. The van der Waals surface area contributed by atoms with E-state index in [9.17, 15) is 0 Å². The van der Waals surface area contributed by atoms with Gasteiger partial charge in [-0.1, -0.05) is 78.1 Å². The lowest BCUT2D eigenvalue weighted by Crippen LogP contribution is -2.33. The number of hydrogen-bond acceptors (Lipinski definition) is 2. The predicted molar refractivity (Wildman–Crippen MR) is 151 cm³/mol. The minimum absolute atomic E-state index is 0.646. The Morgan fingerprint density at radius 1 is 0.486 bits per heavy atom. The lowest BCUT2D eigenvalue weighted by atomic mass is 10.1. The van der Waals surface area contributed by atoms with Crippen molar-refractivity contribution in [2.24, 2.45) is 0 Å². The molecule has 2 aromatic rings. The number of imidazole rings is 2. The molecule has 0 spiro atoms. The van der Waals surface area contributed by atoms with Crippen LogP contribution in [0.3, 0.4) is 0 Å². The standard InChI is InChI=1S/C31H58N4O2/c1-3-5-7-9-11-13-16-20-32-22-24-34(28-32)30-36-26-18-15-19-27-37-31-35-25-23-33(29-35)21-17-14-12-10-8-6-4-2/h22-25,28-29H,3-21,26-27,30-31H2,1-2H3/q+2. The molecule has 6 nitrogen and oxygen atoms in total. The molecular formula is C31H58N4O2+2. The summed E-state index contributed by atoms with van der Waals surface area (Å²) in [7, 11) is 0. The van der Waals surface area contributed by atoms with Crippen molar-refractivity contribution in [1.82, 2.24) is 9.13 Å². The van der Waals surface area contributed by atoms with Gasteiger partial charge in [0.2, 0.25) is 12.7 Å². The van der Waals surface area contributed by atoms with E-state index >= 15 is 0 Å². The highest BCUT2D eigenvalue weighted by Crippen LogP contribution is 2.08. The Kier molecular flexibility index (Phi) is 19.0. The molecule has 0 aliphatic rings. The Bertz CT molecular complexity index is 696. The molecule has 0 aromatic carbocycles. The molecule has 0 aliphatic carbocycles. The zero-order valence-corrected chi connectivity index (χ0v) is 24.3. The minimum Gasteiger partial charge on any atom is -0.342 e. The van der Waals surface area contributed by atoms with Crippen LogP contribution >= 0.6 is 0 Å². The number of nitrogens with zero attached hydrogens (tertiary/aromatic N) is 4. The summed E-state index contributed by atoms with van der Waals surface area (Å²) >= 11 is 0. The van der Waals surface area contributed by atoms with Crippen LogP contribution in [0.5, 0.6) is 0 Å². The van der Waals surface area contributed by atoms with Gasteiger partial charge in [-0.2, -0.15) is 0 Å². The van der Waals surface area contributed by atoms with Crippen LogP contribution in [0.1, 0.15) is 123 Å². The number of aromatic nitrogens is 4. The lowest BCUT2D eigenvalue weighted by molar-refractivity contribution is -0.732. The van der Waals surface area contributed by atoms with Crippen LogP contribution in [0.25, 0.3) is 0 Å². The van der Waals surface area contributed by atoms with E-state index < -0.39 is 0 Å². The summed E-state index contributed by atoms with van der Waals surface area (Å²) in [6.45, 7) is 9.70. The SMILES string of the molecule is CCCCCCCCCn1cc[n+](COCCCCCOC[n+]2ccn(CCCCCCCCC)c2)c1. The molecule has 6 heteroatoms. The Hall–Kier alpha value is -1.66. The zero-order valence-electron chi connectivity index (χ0n) is 24.3. The first-order valence-corrected chi connectivity index (χ1v) is 15.6. The Morgan fingerprint density at radius 2 is 0.865 bits per heavy atom. The van der Waals surface area contributed by atoms with Crippen molar-refractivity contribution >= 4 is 0 Å². The van der Waals surface area contributed by atoms with Gasteiger partial charge < -0.3 is 9.47 Å². The fourth-order valence-electron chi connectivity index (χ4n) is 4.72. The number of unbranched alkanes of at least 4 members (excludes halogenated alkanes) is 14. The van der Waals surface area contributed by atoms with Crippen molar-refractivity contribution in [3.8, 4) is 0 Å². The summed E-state index contributed by atoms with van der Waals surface area (Å²) in [6, 6.07) is 0. The first-order valence-electron chi connectivity index (χ1n) is 15.6. The third-order valence-corrected chi connectivity index (χ3v) is 7.09. The van der Waals surface area contributed by atoms with Crippen molar-refractivity contribution in [2.75, 3.05) is 13.2 Å². The Labute approximate surface area is 228 Å². The van der Waals surface area contributed by atoms with Gasteiger partial charge >= 0.3 is 0 Å². The van der Waals surface area contributed by atoms with Crippen LogP contribution in [0.2, 0.25) is 0 Å². The smallest absolute Gasteiger partial charge is 0.245 e. The van der Waals surface area contributed by atoms with Crippen molar-refractivity contribution in [2.45, 2.75) is 150 Å². The van der Waals surface area contributed by atoms with Gasteiger partial charge in [-0.05, 0) is 44.9 Å². The normalized spacial score (nSPS) is 11.5. The van der Waals surface area contributed by atoms with Gasteiger partial charge in [0, 0.05) is 0 Å². The minimum atomic E-state index is 0.646. The van der Waals surface area contributed by atoms with E-state index in [4.69, 9.17) is 9.47 Å². The fourth-order valence-corrected chi connectivity index (χ4v) is 4.72.